The van der Waals surface area contributed by atoms with E-state index in [0.29, 0.717) is 5.25 Å². The molecule has 0 aromatic heterocycles. The van der Waals surface area contributed by atoms with Gasteiger partial charge in [0.15, 0.2) is 0 Å². The first-order chi connectivity index (χ1) is 8.26. The molecule has 0 bridgehead atoms. The fourth-order valence-electron chi connectivity index (χ4n) is 2.36. The molecule has 1 aliphatic heterocycles. The largest absolute Gasteiger partial charge is 0.496 e. The van der Waals surface area contributed by atoms with Gasteiger partial charge in [0.25, 0.3) is 0 Å². The van der Waals surface area contributed by atoms with E-state index < -0.39 is 0 Å². The van der Waals surface area contributed by atoms with Crippen LogP contribution in [0.1, 0.15) is 30.0 Å². The van der Waals surface area contributed by atoms with E-state index in [2.05, 4.69) is 24.5 Å². The van der Waals surface area contributed by atoms with Gasteiger partial charge in [-0.1, -0.05) is 17.7 Å². The molecule has 0 aliphatic carbocycles. The van der Waals surface area contributed by atoms with Crippen LogP contribution < -0.4 is 16.0 Å². The van der Waals surface area contributed by atoms with Crippen LogP contribution >= 0.6 is 11.8 Å². The van der Waals surface area contributed by atoms with Gasteiger partial charge in [-0.05, 0) is 31.6 Å². The van der Waals surface area contributed by atoms with Crippen LogP contribution in [0.2, 0.25) is 0 Å². The van der Waals surface area contributed by atoms with Gasteiger partial charge in [-0.3, -0.25) is 11.3 Å². The number of nitrogens with two attached hydrogens (primary N) is 1. The smallest absolute Gasteiger partial charge is 0.123 e. The van der Waals surface area contributed by atoms with Gasteiger partial charge in [-0.2, -0.15) is 11.8 Å². The quantitative estimate of drug-likeness (QED) is 0.638. The molecule has 0 saturated carbocycles. The van der Waals surface area contributed by atoms with E-state index in [1.807, 2.05) is 17.8 Å². The third-order valence-electron chi connectivity index (χ3n) is 3.24. The van der Waals surface area contributed by atoms with Gasteiger partial charge in [0.1, 0.15) is 5.75 Å². The lowest BCUT2D eigenvalue weighted by atomic mass is 9.98. The van der Waals surface area contributed by atoms with Crippen molar-refractivity contribution in [3.63, 3.8) is 0 Å². The van der Waals surface area contributed by atoms with Crippen molar-refractivity contribution in [2.75, 3.05) is 12.9 Å². The average Bonchev–Trinajstić information content (AvgIpc) is 2.84. The Labute approximate surface area is 107 Å². The highest BCUT2D eigenvalue weighted by molar-refractivity contribution is 8.00. The maximum absolute atomic E-state index is 5.74. The van der Waals surface area contributed by atoms with Crippen LogP contribution in [0, 0.1) is 6.92 Å². The van der Waals surface area contributed by atoms with Crippen molar-refractivity contribution in [1.82, 2.24) is 5.43 Å². The second-order valence-electron chi connectivity index (χ2n) is 4.44. The highest BCUT2D eigenvalue weighted by Crippen LogP contribution is 2.38. The average molecular weight is 252 g/mol. The second kappa shape index (κ2) is 5.76. The summed E-state index contributed by atoms with van der Waals surface area (Å²) in [5.74, 6) is 7.89. The summed E-state index contributed by atoms with van der Waals surface area (Å²) in [6.07, 6.45) is 2.50. The van der Waals surface area contributed by atoms with E-state index in [1.165, 1.54) is 29.7 Å². The fraction of sp³-hybridized carbons (Fsp3) is 0.538. The molecule has 3 nitrogen and oxygen atoms in total. The number of methoxy groups -OCH3 is 1. The van der Waals surface area contributed by atoms with Gasteiger partial charge < -0.3 is 4.74 Å². The predicted molar refractivity (Wildman–Crippen MR) is 73.3 cm³/mol. The Kier molecular flexibility index (Phi) is 4.31. The number of rotatable bonds is 4. The third-order valence-corrected chi connectivity index (χ3v) is 4.70. The Bertz CT molecular complexity index is 378. The standard InChI is InChI=1S/C13H20N2OS/c1-9-5-6-11(16-2)10(8-9)13(15-14)12-4-3-7-17-12/h5-6,8,12-13,15H,3-4,7,14H2,1-2H3. The molecule has 0 spiro atoms. The van der Waals surface area contributed by atoms with E-state index in [-0.39, 0.29) is 6.04 Å². The number of aryl methyl sites for hydroxylation is 1. The summed E-state index contributed by atoms with van der Waals surface area (Å²) < 4.78 is 5.44. The van der Waals surface area contributed by atoms with Crippen molar-refractivity contribution in [1.29, 1.82) is 0 Å². The van der Waals surface area contributed by atoms with Crippen molar-refractivity contribution in [2.24, 2.45) is 5.84 Å². The highest BCUT2D eigenvalue weighted by Gasteiger charge is 2.28. The molecule has 3 N–H and O–H groups in total. The van der Waals surface area contributed by atoms with Gasteiger partial charge in [-0.25, -0.2) is 0 Å². The third kappa shape index (κ3) is 2.76. The summed E-state index contributed by atoms with van der Waals surface area (Å²) in [6.45, 7) is 2.10. The Morgan fingerprint density at radius 2 is 2.35 bits per heavy atom. The molecule has 1 saturated heterocycles. The van der Waals surface area contributed by atoms with Crippen molar-refractivity contribution >= 4 is 11.8 Å². The number of benzene rings is 1. The van der Waals surface area contributed by atoms with Gasteiger partial charge in [0.2, 0.25) is 0 Å². The molecule has 0 amide bonds. The first-order valence-electron chi connectivity index (χ1n) is 5.98. The minimum Gasteiger partial charge on any atom is -0.496 e. The number of hydrogen-bond acceptors (Lipinski definition) is 4. The molecule has 94 valence electrons. The molecule has 4 heteroatoms. The molecule has 1 fully saturated rings. The zero-order chi connectivity index (χ0) is 12.3. The van der Waals surface area contributed by atoms with E-state index in [4.69, 9.17) is 10.6 Å². The zero-order valence-corrected chi connectivity index (χ0v) is 11.2. The topological polar surface area (TPSA) is 47.3 Å². The Hall–Kier alpha value is -0.710. The van der Waals surface area contributed by atoms with Crippen molar-refractivity contribution in [3.8, 4) is 5.75 Å². The monoisotopic (exact) mass is 252 g/mol. The Balaban J connectivity index is 2.31. The maximum atomic E-state index is 5.74. The zero-order valence-electron chi connectivity index (χ0n) is 10.4. The molecule has 2 rings (SSSR count). The number of hydrogen-bond donors (Lipinski definition) is 2. The lowest BCUT2D eigenvalue weighted by molar-refractivity contribution is 0.396. The van der Waals surface area contributed by atoms with Gasteiger partial charge >= 0.3 is 0 Å². The van der Waals surface area contributed by atoms with E-state index in [0.717, 1.165) is 5.75 Å². The number of nitrogens with one attached hydrogen (secondary N) is 1. The molecule has 1 aromatic carbocycles. The number of hydrazine groups is 1. The second-order valence-corrected chi connectivity index (χ2v) is 5.79. The lowest BCUT2D eigenvalue weighted by Gasteiger charge is -2.24. The maximum Gasteiger partial charge on any atom is 0.123 e. The molecule has 2 atom stereocenters. The molecule has 1 aromatic rings. The first kappa shape index (κ1) is 12.7. The summed E-state index contributed by atoms with van der Waals surface area (Å²) in [6, 6.07) is 6.44. The molecule has 1 heterocycles. The molecule has 2 unspecified atom stereocenters. The minimum atomic E-state index is 0.178. The van der Waals surface area contributed by atoms with Crippen LogP contribution in [0.4, 0.5) is 0 Å². The van der Waals surface area contributed by atoms with E-state index in [9.17, 15) is 0 Å². The molecule has 0 radical (unpaired) electrons. The molecule has 1 aliphatic rings. The fourth-order valence-corrected chi connectivity index (χ4v) is 3.75. The van der Waals surface area contributed by atoms with Gasteiger partial charge in [-0.15, -0.1) is 0 Å². The summed E-state index contributed by atoms with van der Waals surface area (Å²) in [5.41, 5.74) is 5.38. The highest BCUT2D eigenvalue weighted by atomic mass is 32.2. The minimum absolute atomic E-state index is 0.178. The van der Waals surface area contributed by atoms with Gasteiger partial charge in [0, 0.05) is 10.8 Å². The number of ether oxygens (including phenoxy) is 1. The van der Waals surface area contributed by atoms with E-state index in [1.54, 1.807) is 7.11 Å². The number of thioether (sulfide) groups is 1. The Morgan fingerprint density at radius 1 is 1.53 bits per heavy atom. The molecular formula is C13H20N2OS. The summed E-state index contributed by atoms with van der Waals surface area (Å²) in [5, 5.41) is 0.552. The van der Waals surface area contributed by atoms with Gasteiger partial charge in [0.05, 0.1) is 13.2 Å². The lowest BCUT2D eigenvalue weighted by Crippen LogP contribution is -2.34. The Morgan fingerprint density at radius 3 is 2.94 bits per heavy atom. The predicted octanol–water partition coefficient (Wildman–Crippen LogP) is 2.40. The van der Waals surface area contributed by atoms with Crippen molar-refractivity contribution < 1.29 is 4.74 Å². The van der Waals surface area contributed by atoms with Crippen LogP contribution in [-0.2, 0) is 0 Å². The molecular weight excluding hydrogens is 232 g/mol. The molecule has 17 heavy (non-hydrogen) atoms. The summed E-state index contributed by atoms with van der Waals surface area (Å²) in [7, 11) is 1.71. The van der Waals surface area contributed by atoms with Crippen molar-refractivity contribution in [3.05, 3.63) is 29.3 Å². The van der Waals surface area contributed by atoms with E-state index >= 15 is 0 Å². The van der Waals surface area contributed by atoms with Crippen LogP contribution in [-0.4, -0.2) is 18.1 Å². The summed E-state index contributed by atoms with van der Waals surface area (Å²) in [4.78, 5) is 0. The SMILES string of the molecule is COc1ccc(C)cc1C(NN)C1CCCS1. The van der Waals surface area contributed by atoms with Crippen LogP contribution in [0.15, 0.2) is 18.2 Å². The van der Waals surface area contributed by atoms with Crippen LogP contribution in [0.3, 0.4) is 0 Å². The summed E-state index contributed by atoms with van der Waals surface area (Å²) >= 11 is 2.00. The van der Waals surface area contributed by atoms with Crippen LogP contribution in [0.25, 0.3) is 0 Å². The normalized spacial score (nSPS) is 21.5. The first-order valence-corrected chi connectivity index (χ1v) is 7.03. The van der Waals surface area contributed by atoms with Crippen LogP contribution in [0.5, 0.6) is 5.75 Å². The van der Waals surface area contributed by atoms with Crippen molar-refractivity contribution in [2.45, 2.75) is 31.1 Å².